The van der Waals surface area contributed by atoms with Crippen LogP contribution in [0.3, 0.4) is 0 Å². The third kappa shape index (κ3) is 5.26. The second-order valence-corrected chi connectivity index (χ2v) is 8.63. The number of carbonyl (C=O) groups is 2. The molecule has 1 saturated heterocycles. The number of nitrogens with zero attached hydrogens (tertiary/aromatic N) is 2. The zero-order chi connectivity index (χ0) is 22.5. The van der Waals surface area contributed by atoms with Gasteiger partial charge in [-0.3, -0.25) is 9.69 Å². The van der Waals surface area contributed by atoms with E-state index in [0.29, 0.717) is 31.0 Å². The lowest BCUT2D eigenvalue weighted by atomic mass is 9.96. The highest BCUT2D eigenvalue weighted by molar-refractivity contribution is 8.00. The quantitative estimate of drug-likeness (QED) is 0.633. The van der Waals surface area contributed by atoms with Gasteiger partial charge in [0.05, 0.1) is 17.9 Å². The fourth-order valence-electron chi connectivity index (χ4n) is 3.75. The Kier molecular flexibility index (Phi) is 7.69. The van der Waals surface area contributed by atoms with Crippen LogP contribution in [-0.4, -0.2) is 61.5 Å². The van der Waals surface area contributed by atoms with Crippen LogP contribution in [0, 0.1) is 12.7 Å². The van der Waals surface area contributed by atoms with Gasteiger partial charge in [0.15, 0.2) is 0 Å². The molecule has 0 aliphatic carbocycles. The zero-order valence-corrected chi connectivity index (χ0v) is 18.7. The van der Waals surface area contributed by atoms with Crippen LogP contribution in [0.25, 0.3) is 0 Å². The molecule has 0 saturated carbocycles. The number of methoxy groups -OCH3 is 1. The summed E-state index contributed by atoms with van der Waals surface area (Å²) in [5.74, 6) is -1.04. The number of benzene rings is 2. The SMILES string of the molecule is COCCN(C)CCc1c(C(=O)O)ccc(N2C(=O)CSC2c2ccc(F)cc2)c1C. The average molecular weight is 447 g/mol. The van der Waals surface area contributed by atoms with Crippen molar-refractivity contribution in [1.82, 2.24) is 4.90 Å². The number of amides is 1. The van der Waals surface area contributed by atoms with E-state index in [-0.39, 0.29) is 22.7 Å². The first-order valence-electron chi connectivity index (χ1n) is 10.1. The third-order valence-electron chi connectivity index (χ3n) is 5.50. The average Bonchev–Trinajstić information content (AvgIpc) is 3.12. The van der Waals surface area contributed by atoms with Crippen LogP contribution in [0.2, 0.25) is 0 Å². The maximum atomic E-state index is 13.4. The number of anilines is 1. The van der Waals surface area contributed by atoms with E-state index in [4.69, 9.17) is 4.74 Å². The number of rotatable bonds is 9. The predicted molar refractivity (Wildman–Crippen MR) is 120 cm³/mol. The van der Waals surface area contributed by atoms with Gasteiger partial charge >= 0.3 is 5.97 Å². The number of hydrogen-bond acceptors (Lipinski definition) is 5. The molecule has 1 unspecified atom stereocenters. The van der Waals surface area contributed by atoms with Gasteiger partial charge in [0.25, 0.3) is 0 Å². The molecule has 0 bridgehead atoms. The number of hydrogen-bond donors (Lipinski definition) is 1. The van der Waals surface area contributed by atoms with E-state index < -0.39 is 5.97 Å². The molecule has 31 heavy (non-hydrogen) atoms. The summed E-state index contributed by atoms with van der Waals surface area (Å²) in [5, 5.41) is 9.43. The number of carbonyl (C=O) groups excluding carboxylic acids is 1. The van der Waals surface area contributed by atoms with Crippen molar-refractivity contribution in [3.05, 3.63) is 64.5 Å². The molecule has 1 heterocycles. The summed E-state index contributed by atoms with van der Waals surface area (Å²) >= 11 is 1.48. The summed E-state index contributed by atoms with van der Waals surface area (Å²) in [6.07, 6.45) is 0.540. The Labute approximate surface area is 186 Å². The van der Waals surface area contributed by atoms with Crippen LogP contribution in [0.15, 0.2) is 36.4 Å². The summed E-state index contributed by atoms with van der Waals surface area (Å²) in [6, 6.07) is 9.43. The van der Waals surface area contributed by atoms with E-state index in [1.54, 1.807) is 36.3 Å². The van der Waals surface area contributed by atoms with E-state index in [1.807, 2.05) is 14.0 Å². The summed E-state index contributed by atoms with van der Waals surface area (Å²) in [7, 11) is 3.61. The van der Waals surface area contributed by atoms with Crippen molar-refractivity contribution in [3.63, 3.8) is 0 Å². The Balaban J connectivity index is 1.95. The smallest absolute Gasteiger partial charge is 0.335 e. The van der Waals surface area contributed by atoms with Crippen molar-refractivity contribution < 1.29 is 23.8 Å². The Morgan fingerprint density at radius 3 is 2.61 bits per heavy atom. The minimum absolute atomic E-state index is 0.0475. The number of aromatic carboxylic acids is 1. The summed E-state index contributed by atoms with van der Waals surface area (Å²) < 4.78 is 18.5. The molecule has 0 radical (unpaired) electrons. The topological polar surface area (TPSA) is 70.1 Å². The fraction of sp³-hybridized carbons (Fsp3) is 0.391. The Bertz CT molecular complexity index is 951. The third-order valence-corrected chi connectivity index (χ3v) is 6.72. The van der Waals surface area contributed by atoms with Crippen LogP contribution < -0.4 is 4.90 Å². The second-order valence-electron chi connectivity index (χ2n) is 7.57. The van der Waals surface area contributed by atoms with Gasteiger partial charge in [-0.05, 0) is 61.3 Å². The molecule has 0 spiro atoms. The first-order chi connectivity index (χ1) is 14.8. The molecule has 166 valence electrons. The molecule has 1 fully saturated rings. The first kappa shape index (κ1) is 23.2. The molecule has 1 amide bonds. The zero-order valence-electron chi connectivity index (χ0n) is 17.9. The van der Waals surface area contributed by atoms with Crippen molar-refractivity contribution in [2.45, 2.75) is 18.7 Å². The predicted octanol–water partition coefficient (Wildman–Crippen LogP) is 3.73. The minimum Gasteiger partial charge on any atom is -0.478 e. The molecule has 2 aromatic rings. The Morgan fingerprint density at radius 2 is 1.97 bits per heavy atom. The molecule has 1 aliphatic rings. The summed E-state index contributed by atoms with van der Waals surface area (Å²) in [6.45, 7) is 3.87. The molecule has 8 heteroatoms. The van der Waals surface area contributed by atoms with Crippen LogP contribution in [0.5, 0.6) is 0 Å². The molecular formula is C23H27FN2O4S. The number of halogens is 1. The number of carboxylic acid groups (broad SMARTS) is 1. The highest BCUT2D eigenvalue weighted by Gasteiger charge is 2.35. The van der Waals surface area contributed by atoms with E-state index in [0.717, 1.165) is 23.2 Å². The monoisotopic (exact) mass is 446 g/mol. The van der Waals surface area contributed by atoms with E-state index in [2.05, 4.69) is 4.90 Å². The minimum atomic E-state index is -0.985. The number of thioether (sulfide) groups is 1. The van der Waals surface area contributed by atoms with Gasteiger partial charge in [-0.25, -0.2) is 9.18 Å². The lowest BCUT2D eigenvalue weighted by molar-refractivity contribution is -0.115. The molecule has 0 aromatic heterocycles. The largest absolute Gasteiger partial charge is 0.478 e. The molecule has 3 rings (SSSR count). The standard InChI is InChI=1S/C23H27FN2O4S/c1-15-18(10-11-25(2)12-13-30-3)19(23(28)29)8-9-20(15)26-21(27)14-31-22(26)16-4-6-17(24)7-5-16/h4-9,22H,10-14H2,1-3H3,(H,28,29). The molecule has 2 aromatic carbocycles. The van der Waals surface area contributed by atoms with E-state index in [9.17, 15) is 19.1 Å². The van der Waals surface area contributed by atoms with Crippen molar-refractivity contribution in [2.24, 2.45) is 0 Å². The molecule has 1 aliphatic heterocycles. The number of likely N-dealkylation sites (N-methyl/N-ethyl adjacent to an activating group) is 1. The lowest BCUT2D eigenvalue weighted by Crippen LogP contribution is -2.30. The van der Waals surface area contributed by atoms with Crippen LogP contribution in [-0.2, 0) is 16.0 Å². The molecule has 6 nitrogen and oxygen atoms in total. The van der Waals surface area contributed by atoms with Crippen LogP contribution in [0.1, 0.15) is 32.4 Å². The maximum Gasteiger partial charge on any atom is 0.335 e. The Morgan fingerprint density at radius 1 is 1.26 bits per heavy atom. The van der Waals surface area contributed by atoms with Gasteiger partial charge in [-0.15, -0.1) is 11.8 Å². The second kappa shape index (κ2) is 10.3. The van der Waals surface area contributed by atoms with Crippen molar-refractivity contribution >= 4 is 29.3 Å². The van der Waals surface area contributed by atoms with Gasteiger partial charge in [-0.2, -0.15) is 0 Å². The number of carboxylic acids is 1. The van der Waals surface area contributed by atoms with Crippen LogP contribution in [0.4, 0.5) is 10.1 Å². The van der Waals surface area contributed by atoms with Crippen LogP contribution >= 0.6 is 11.8 Å². The maximum absolute atomic E-state index is 13.4. The lowest BCUT2D eigenvalue weighted by Gasteiger charge is -2.28. The van der Waals surface area contributed by atoms with Gasteiger partial charge in [-0.1, -0.05) is 12.1 Å². The normalized spacial score (nSPS) is 16.4. The molecular weight excluding hydrogens is 419 g/mol. The van der Waals surface area contributed by atoms with Gasteiger partial charge in [0.1, 0.15) is 11.2 Å². The Hall–Kier alpha value is -2.42. The van der Waals surface area contributed by atoms with Crippen molar-refractivity contribution in [3.8, 4) is 0 Å². The number of ether oxygens (including phenoxy) is 1. The van der Waals surface area contributed by atoms with Crippen molar-refractivity contribution in [2.75, 3.05) is 44.5 Å². The fourth-order valence-corrected chi connectivity index (χ4v) is 4.92. The van der Waals surface area contributed by atoms with Crippen molar-refractivity contribution in [1.29, 1.82) is 0 Å². The summed E-state index contributed by atoms with van der Waals surface area (Å²) in [5.41, 5.74) is 3.28. The highest BCUT2D eigenvalue weighted by atomic mass is 32.2. The van der Waals surface area contributed by atoms with Gasteiger partial charge in [0.2, 0.25) is 5.91 Å². The molecule has 1 atom stereocenters. The van der Waals surface area contributed by atoms with E-state index in [1.165, 1.54) is 23.9 Å². The van der Waals surface area contributed by atoms with E-state index >= 15 is 0 Å². The van der Waals surface area contributed by atoms with Gasteiger partial charge in [0, 0.05) is 25.9 Å². The summed E-state index contributed by atoms with van der Waals surface area (Å²) in [4.78, 5) is 28.4. The highest BCUT2D eigenvalue weighted by Crippen LogP contribution is 2.43. The molecule has 1 N–H and O–H groups in total. The van der Waals surface area contributed by atoms with Gasteiger partial charge < -0.3 is 14.7 Å². The first-order valence-corrected chi connectivity index (χ1v) is 11.1.